The summed E-state index contributed by atoms with van der Waals surface area (Å²) in [5.74, 6) is 0. The van der Waals surface area contributed by atoms with E-state index >= 15 is 0 Å². The van der Waals surface area contributed by atoms with E-state index in [0.29, 0.717) is 0 Å². The second-order valence-corrected chi connectivity index (χ2v) is 3.92. The van der Waals surface area contributed by atoms with Gasteiger partial charge in [0.2, 0.25) is 0 Å². The molecule has 12 heavy (non-hydrogen) atoms. The molecule has 0 radical (unpaired) electrons. The van der Waals surface area contributed by atoms with Crippen molar-refractivity contribution in [3.63, 3.8) is 0 Å². The first-order chi connectivity index (χ1) is 5.57. The molecule has 0 aromatic rings. The van der Waals surface area contributed by atoms with Crippen molar-refractivity contribution in [2.24, 2.45) is 0 Å². The van der Waals surface area contributed by atoms with Gasteiger partial charge in [0.15, 0.2) is 0 Å². The molecular weight excluding hydrogens is 152 g/mol. The summed E-state index contributed by atoms with van der Waals surface area (Å²) in [6.07, 6.45) is 3.02. The Morgan fingerprint density at radius 2 is 2.42 bits per heavy atom. The highest BCUT2D eigenvalue weighted by molar-refractivity contribution is 5.03. The van der Waals surface area contributed by atoms with Gasteiger partial charge in [-0.15, -0.1) is 0 Å². The highest BCUT2D eigenvalue weighted by atomic mass is 16.5. The second-order valence-electron chi connectivity index (χ2n) is 3.92. The topological polar surface area (TPSA) is 29.5 Å². The Labute approximate surface area is 74.2 Å². The predicted octanol–water partition coefficient (Wildman–Crippen LogP) is 1.88. The quantitative estimate of drug-likeness (QED) is 0.655. The molecule has 1 heterocycles. The van der Waals surface area contributed by atoms with Crippen LogP contribution in [0.5, 0.6) is 0 Å². The Morgan fingerprint density at radius 1 is 1.75 bits per heavy atom. The lowest BCUT2D eigenvalue weighted by atomic mass is 9.98. The normalized spacial score (nSPS) is 35.4. The standard InChI is InChI=1S/C10H18O2/c1-8(2)9-4-5-10(3,12-9)6-7-11/h9,11H,1,4-7H2,2-3H3. The van der Waals surface area contributed by atoms with E-state index in [2.05, 4.69) is 13.5 Å². The van der Waals surface area contributed by atoms with E-state index in [1.54, 1.807) is 0 Å². The van der Waals surface area contributed by atoms with Gasteiger partial charge in [0.1, 0.15) is 0 Å². The molecule has 0 saturated carbocycles. The third-order valence-electron chi connectivity index (χ3n) is 2.55. The molecule has 1 N–H and O–H groups in total. The second kappa shape index (κ2) is 3.58. The van der Waals surface area contributed by atoms with Crippen LogP contribution in [0.2, 0.25) is 0 Å². The lowest BCUT2D eigenvalue weighted by Gasteiger charge is -2.23. The van der Waals surface area contributed by atoms with Crippen LogP contribution in [-0.2, 0) is 4.74 Å². The first-order valence-corrected chi connectivity index (χ1v) is 4.51. The van der Waals surface area contributed by atoms with Gasteiger partial charge in [0.05, 0.1) is 11.7 Å². The average Bonchev–Trinajstić information content (AvgIpc) is 2.33. The zero-order valence-corrected chi connectivity index (χ0v) is 7.97. The SMILES string of the molecule is C=C(C)C1CCC(C)(CCO)O1. The molecule has 1 saturated heterocycles. The van der Waals surface area contributed by atoms with E-state index < -0.39 is 0 Å². The van der Waals surface area contributed by atoms with Crippen LogP contribution >= 0.6 is 0 Å². The Bertz CT molecular complexity index is 177. The third kappa shape index (κ3) is 2.08. The first kappa shape index (κ1) is 9.75. The maximum Gasteiger partial charge on any atom is 0.0788 e. The largest absolute Gasteiger partial charge is 0.396 e. The minimum Gasteiger partial charge on any atom is -0.396 e. The molecule has 0 spiro atoms. The van der Waals surface area contributed by atoms with Crippen LogP contribution in [0.1, 0.15) is 33.1 Å². The van der Waals surface area contributed by atoms with Crippen LogP contribution in [0.4, 0.5) is 0 Å². The zero-order chi connectivity index (χ0) is 9.19. The molecule has 2 atom stereocenters. The summed E-state index contributed by atoms with van der Waals surface area (Å²) in [7, 11) is 0. The maximum absolute atomic E-state index is 8.81. The number of hydrogen-bond donors (Lipinski definition) is 1. The van der Waals surface area contributed by atoms with E-state index in [4.69, 9.17) is 9.84 Å². The molecule has 70 valence electrons. The summed E-state index contributed by atoms with van der Waals surface area (Å²) >= 11 is 0. The van der Waals surface area contributed by atoms with E-state index in [1.165, 1.54) is 0 Å². The van der Waals surface area contributed by atoms with Crippen LogP contribution in [-0.4, -0.2) is 23.4 Å². The lowest BCUT2D eigenvalue weighted by molar-refractivity contribution is -0.0283. The minimum atomic E-state index is -0.113. The summed E-state index contributed by atoms with van der Waals surface area (Å²) in [5.41, 5.74) is 0.981. The number of hydrogen-bond acceptors (Lipinski definition) is 2. The van der Waals surface area contributed by atoms with E-state index in [0.717, 1.165) is 24.8 Å². The Balaban J connectivity index is 2.48. The van der Waals surface area contributed by atoms with Crippen molar-refractivity contribution in [3.05, 3.63) is 12.2 Å². The minimum absolute atomic E-state index is 0.113. The zero-order valence-electron chi connectivity index (χ0n) is 7.97. The monoisotopic (exact) mass is 170 g/mol. The fourth-order valence-corrected chi connectivity index (χ4v) is 1.67. The van der Waals surface area contributed by atoms with Crippen LogP contribution in [0.25, 0.3) is 0 Å². The van der Waals surface area contributed by atoms with Crippen molar-refractivity contribution in [2.45, 2.75) is 44.8 Å². The molecule has 2 heteroatoms. The molecule has 0 amide bonds. The Hall–Kier alpha value is -0.340. The lowest BCUT2D eigenvalue weighted by Crippen LogP contribution is -2.26. The van der Waals surface area contributed by atoms with Crippen molar-refractivity contribution in [1.82, 2.24) is 0 Å². The third-order valence-corrected chi connectivity index (χ3v) is 2.55. The van der Waals surface area contributed by atoms with Crippen LogP contribution in [0.15, 0.2) is 12.2 Å². The summed E-state index contributed by atoms with van der Waals surface area (Å²) in [6, 6.07) is 0. The molecule has 0 aromatic heterocycles. The van der Waals surface area contributed by atoms with E-state index in [9.17, 15) is 0 Å². The van der Waals surface area contributed by atoms with E-state index in [1.807, 2.05) is 6.92 Å². The molecule has 0 bridgehead atoms. The Morgan fingerprint density at radius 3 is 2.83 bits per heavy atom. The molecule has 1 rings (SSSR count). The molecule has 0 aromatic carbocycles. The smallest absolute Gasteiger partial charge is 0.0788 e. The van der Waals surface area contributed by atoms with Crippen molar-refractivity contribution in [2.75, 3.05) is 6.61 Å². The number of ether oxygens (including phenoxy) is 1. The van der Waals surface area contributed by atoms with Gasteiger partial charge in [-0.1, -0.05) is 12.2 Å². The number of rotatable bonds is 3. The molecule has 2 nitrogen and oxygen atoms in total. The first-order valence-electron chi connectivity index (χ1n) is 4.51. The number of aliphatic hydroxyl groups is 1. The fraction of sp³-hybridized carbons (Fsp3) is 0.800. The molecular formula is C10H18O2. The summed E-state index contributed by atoms with van der Waals surface area (Å²) in [6.45, 7) is 8.14. The van der Waals surface area contributed by atoms with Gasteiger partial charge in [-0.25, -0.2) is 0 Å². The van der Waals surface area contributed by atoms with Crippen molar-refractivity contribution in [3.8, 4) is 0 Å². The van der Waals surface area contributed by atoms with Crippen molar-refractivity contribution >= 4 is 0 Å². The summed E-state index contributed by atoms with van der Waals surface area (Å²) in [4.78, 5) is 0. The van der Waals surface area contributed by atoms with Gasteiger partial charge in [0, 0.05) is 6.61 Å². The van der Waals surface area contributed by atoms with Crippen LogP contribution in [0.3, 0.4) is 0 Å². The maximum atomic E-state index is 8.81. The highest BCUT2D eigenvalue weighted by Crippen LogP contribution is 2.34. The van der Waals surface area contributed by atoms with Gasteiger partial charge in [-0.05, 0) is 33.1 Å². The van der Waals surface area contributed by atoms with Gasteiger partial charge in [-0.2, -0.15) is 0 Å². The van der Waals surface area contributed by atoms with Crippen LogP contribution < -0.4 is 0 Å². The van der Waals surface area contributed by atoms with Gasteiger partial charge in [-0.3, -0.25) is 0 Å². The van der Waals surface area contributed by atoms with Gasteiger partial charge in [0.25, 0.3) is 0 Å². The molecule has 1 aliphatic heterocycles. The summed E-state index contributed by atoms with van der Waals surface area (Å²) in [5, 5.41) is 8.81. The summed E-state index contributed by atoms with van der Waals surface area (Å²) < 4.78 is 5.79. The predicted molar refractivity (Wildman–Crippen MR) is 49.0 cm³/mol. The van der Waals surface area contributed by atoms with Gasteiger partial charge < -0.3 is 9.84 Å². The Kier molecular flexibility index (Phi) is 2.91. The molecule has 0 aliphatic carbocycles. The van der Waals surface area contributed by atoms with E-state index in [-0.39, 0.29) is 18.3 Å². The number of aliphatic hydroxyl groups excluding tert-OH is 1. The van der Waals surface area contributed by atoms with Crippen molar-refractivity contribution < 1.29 is 9.84 Å². The van der Waals surface area contributed by atoms with Crippen molar-refractivity contribution in [1.29, 1.82) is 0 Å². The van der Waals surface area contributed by atoms with Crippen LogP contribution in [0, 0.1) is 0 Å². The molecule has 2 unspecified atom stereocenters. The molecule has 1 aliphatic rings. The fourth-order valence-electron chi connectivity index (χ4n) is 1.67. The molecule has 1 fully saturated rings. The van der Waals surface area contributed by atoms with Gasteiger partial charge >= 0.3 is 0 Å². The highest BCUT2D eigenvalue weighted by Gasteiger charge is 2.35. The average molecular weight is 170 g/mol.